The lowest BCUT2D eigenvalue weighted by atomic mass is 9.90. The number of anilines is 3. The summed E-state index contributed by atoms with van der Waals surface area (Å²) in [4.78, 5) is 35.8. The molecule has 2 amide bonds. The Labute approximate surface area is 197 Å². The Morgan fingerprint density at radius 2 is 1.88 bits per heavy atom. The first-order valence-corrected chi connectivity index (χ1v) is 11.6. The molecule has 2 aliphatic rings. The van der Waals surface area contributed by atoms with Gasteiger partial charge in [-0.1, -0.05) is 0 Å². The van der Waals surface area contributed by atoms with Crippen molar-refractivity contribution < 1.29 is 14.1 Å². The highest BCUT2D eigenvalue weighted by Gasteiger charge is 2.33. The molecule has 0 radical (unpaired) electrons. The minimum Gasteiger partial charge on any atom is -0.362 e. The maximum absolute atomic E-state index is 13.6. The molecule has 1 aromatic carbocycles. The van der Waals surface area contributed by atoms with Crippen molar-refractivity contribution in [1.82, 2.24) is 9.97 Å². The second-order valence-corrected chi connectivity index (χ2v) is 9.15. The quantitative estimate of drug-likeness (QED) is 0.484. The number of nitrogens with one attached hydrogen (secondary N) is 1. The number of urea groups is 1. The summed E-state index contributed by atoms with van der Waals surface area (Å²) in [6, 6.07) is 2.15. The number of nitrogens with two attached hydrogens (primary N) is 1. The second kappa shape index (κ2) is 9.78. The Balaban J connectivity index is 1.48. The van der Waals surface area contributed by atoms with Crippen molar-refractivity contribution >= 4 is 29.2 Å². The molecule has 10 nitrogen and oxygen atoms in total. The maximum atomic E-state index is 13.6. The normalized spacial score (nSPS) is 19.7. The molecule has 182 valence electrons. The number of benzene rings is 1. The van der Waals surface area contributed by atoms with Crippen molar-refractivity contribution in [2.75, 3.05) is 29.2 Å². The summed E-state index contributed by atoms with van der Waals surface area (Å²) in [5.41, 5.74) is 7.48. The van der Waals surface area contributed by atoms with Crippen LogP contribution in [0.15, 0.2) is 18.2 Å². The molecule has 4 rings (SSSR count). The lowest BCUT2D eigenvalue weighted by Gasteiger charge is -2.36. The summed E-state index contributed by atoms with van der Waals surface area (Å²) in [6.45, 7) is 0. The molecule has 1 fully saturated rings. The van der Waals surface area contributed by atoms with Gasteiger partial charge in [0, 0.05) is 31.7 Å². The van der Waals surface area contributed by atoms with E-state index in [1.54, 1.807) is 0 Å². The molecule has 0 spiro atoms. The van der Waals surface area contributed by atoms with Crippen LogP contribution < -0.4 is 20.9 Å². The summed E-state index contributed by atoms with van der Waals surface area (Å²) >= 11 is 0. The van der Waals surface area contributed by atoms with Crippen LogP contribution in [-0.2, 0) is 12.8 Å². The average molecular weight is 472 g/mol. The van der Waals surface area contributed by atoms with Gasteiger partial charge in [-0.05, 0) is 63.5 Å². The van der Waals surface area contributed by atoms with Crippen LogP contribution in [-0.4, -0.2) is 47.1 Å². The molecule has 0 atom stereocenters. The predicted molar refractivity (Wildman–Crippen MR) is 128 cm³/mol. The Morgan fingerprint density at radius 1 is 1.18 bits per heavy atom. The summed E-state index contributed by atoms with van der Waals surface area (Å²) in [5.74, 6) is 0.813. The molecule has 2 aromatic rings. The SMILES string of the molecule is CN(C)c1nc(NC2CCC(N(C(N)=O)c3ccc(F)cc3[N+](=O)[O-])CC2)nc2c1CCCC2. The van der Waals surface area contributed by atoms with Crippen LogP contribution in [0.1, 0.15) is 49.8 Å². The van der Waals surface area contributed by atoms with Gasteiger partial charge >= 0.3 is 6.03 Å². The lowest BCUT2D eigenvalue weighted by molar-refractivity contribution is -0.384. The van der Waals surface area contributed by atoms with Crippen LogP contribution in [0.25, 0.3) is 0 Å². The fourth-order valence-electron chi connectivity index (χ4n) is 5.01. The molecule has 11 heteroatoms. The number of aromatic nitrogens is 2. The fourth-order valence-corrected chi connectivity index (χ4v) is 5.01. The third-order valence-electron chi connectivity index (χ3n) is 6.61. The first-order chi connectivity index (χ1) is 16.2. The van der Waals surface area contributed by atoms with Gasteiger partial charge in [-0.25, -0.2) is 14.2 Å². The Kier molecular flexibility index (Phi) is 6.80. The van der Waals surface area contributed by atoms with Crippen LogP contribution >= 0.6 is 0 Å². The van der Waals surface area contributed by atoms with Crippen molar-refractivity contribution in [3.05, 3.63) is 45.4 Å². The van der Waals surface area contributed by atoms with E-state index in [0.717, 1.165) is 49.3 Å². The zero-order chi connectivity index (χ0) is 24.4. The largest absolute Gasteiger partial charge is 0.362 e. The van der Waals surface area contributed by atoms with E-state index in [1.807, 2.05) is 19.0 Å². The number of nitrogens with zero attached hydrogens (tertiary/aromatic N) is 5. The van der Waals surface area contributed by atoms with E-state index in [9.17, 15) is 19.3 Å². The molecule has 34 heavy (non-hydrogen) atoms. The summed E-state index contributed by atoms with van der Waals surface area (Å²) < 4.78 is 13.6. The van der Waals surface area contributed by atoms with Crippen molar-refractivity contribution in [1.29, 1.82) is 0 Å². The van der Waals surface area contributed by atoms with Gasteiger partial charge in [0.05, 0.1) is 16.7 Å². The number of primary amides is 1. The van der Waals surface area contributed by atoms with Gasteiger partial charge in [0.15, 0.2) is 0 Å². The van der Waals surface area contributed by atoms with Gasteiger partial charge in [-0.3, -0.25) is 15.0 Å². The van der Waals surface area contributed by atoms with Gasteiger partial charge in [-0.2, -0.15) is 4.98 Å². The number of hydrogen-bond donors (Lipinski definition) is 2. The van der Waals surface area contributed by atoms with Crippen molar-refractivity contribution in [2.24, 2.45) is 5.73 Å². The zero-order valence-electron chi connectivity index (χ0n) is 19.5. The first kappa shape index (κ1) is 23.7. The number of fused-ring (bicyclic) bond motifs is 1. The Bertz CT molecular complexity index is 1090. The molecule has 2 aliphatic carbocycles. The van der Waals surface area contributed by atoms with E-state index in [2.05, 4.69) is 5.32 Å². The molecule has 3 N–H and O–H groups in total. The molecule has 1 saturated carbocycles. The monoisotopic (exact) mass is 471 g/mol. The van der Waals surface area contributed by atoms with Crippen molar-refractivity contribution in [2.45, 2.75) is 63.5 Å². The van der Waals surface area contributed by atoms with Gasteiger partial charge in [-0.15, -0.1) is 0 Å². The number of carbonyl (C=O) groups excluding carboxylic acids is 1. The van der Waals surface area contributed by atoms with E-state index >= 15 is 0 Å². The van der Waals surface area contributed by atoms with Gasteiger partial charge in [0.2, 0.25) is 5.95 Å². The van der Waals surface area contributed by atoms with E-state index in [0.29, 0.717) is 31.6 Å². The number of aryl methyl sites for hydroxylation is 1. The van der Waals surface area contributed by atoms with E-state index < -0.39 is 22.5 Å². The van der Waals surface area contributed by atoms with E-state index in [-0.39, 0.29) is 17.8 Å². The number of nitro groups is 1. The third-order valence-corrected chi connectivity index (χ3v) is 6.61. The number of halogens is 1. The Morgan fingerprint density at radius 3 is 2.53 bits per heavy atom. The minimum absolute atomic E-state index is 0.0176. The van der Waals surface area contributed by atoms with Gasteiger partial charge in [0.1, 0.15) is 17.3 Å². The number of nitro benzene ring substituents is 1. The van der Waals surface area contributed by atoms with Crippen LogP contribution in [0.5, 0.6) is 0 Å². The number of rotatable bonds is 6. The van der Waals surface area contributed by atoms with Crippen LogP contribution in [0, 0.1) is 15.9 Å². The maximum Gasteiger partial charge on any atom is 0.319 e. The van der Waals surface area contributed by atoms with Crippen molar-refractivity contribution in [3.63, 3.8) is 0 Å². The summed E-state index contributed by atoms with van der Waals surface area (Å²) in [5, 5.41) is 14.9. The first-order valence-electron chi connectivity index (χ1n) is 11.6. The van der Waals surface area contributed by atoms with E-state index in [4.69, 9.17) is 15.7 Å². The standard InChI is InChI=1S/C23H30FN7O3/c1-29(2)21-17-5-3-4-6-18(17)27-23(28-21)26-15-8-10-16(11-9-15)30(22(25)32)19-12-7-14(24)13-20(19)31(33)34/h7,12-13,15-16H,3-6,8-11H2,1-2H3,(H2,25,32)(H,26,27,28). The van der Waals surface area contributed by atoms with Gasteiger partial charge < -0.3 is 16.0 Å². The molecule has 0 saturated heterocycles. The molecule has 0 aliphatic heterocycles. The Hall–Kier alpha value is -3.50. The molecule has 0 bridgehead atoms. The smallest absolute Gasteiger partial charge is 0.319 e. The van der Waals surface area contributed by atoms with Gasteiger partial charge in [0.25, 0.3) is 5.69 Å². The summed E-state index contributed by atoms with van der Waals surface area (Å²) in [6.07, 6.45) is 6.80. The average Bonchev–Trinajstić information content (AvgIpc) is 2.80. The molecule has 0 unspecified atom stereocenters. The molecule has 1 heterocycles. The summed E-state index contributed by atoms with van der Waals surface area (Å²) in [7, 11) is 3.97. The molecular formula is C23H30FN7O3. The third kappa shape index (κ3) is 4.87. The predicted octanol–water partition coefficient (Wildman–Crippen LogP) is 3.78. The highest BCUT2D eigenvalue weighted by molar-refractivity contribution is 5.94. The highest BCUT2D eigenvalue weighted by atomic mass is 19.1. The van der Waals surface area contributed by atoms with Crippen LogP contribution in [0.3, 0.4) is 0 Å². The second-order valence-electron chi connectivity index (χ2n) is 9.15. The lowest BCUT2D eigenvalue weighted by Crippen LogP contribution is -2.47. The number of carbonyl (C=O) groups is 1. The topological polar surface area (TPSA) is 131 Å². The van der Waals surface area contributed by atoms with Crippen molar-refractivity contribution in [3.8, 4) is 0 Å². The molecule has 1 aromatic heterocycles. The van der Waals surface area contributed by atoms with E-state index in [1.165, 1.54) is 16.5 Å². The highest BCUT2D eigenvalue weighted by Crippen LogP contribution is 2.35. The number of hydrogen-bond acceptors (Lipinski definition) is 7. The van der Waals surface area contributed by atoms with Crippen LogP contribution in [0.2, 0.25) is 0 Å². The minimum atomic E-state index is -0.792. The molecular weight excluding hydrogens is 441 g/mol. The fraction of sp³-hybridized carbons (Fsp3) is 0.522. The number of amides is 2. The van der Waals surface area contributed by atoms with Crippen LogP contribution in [0.4, 0.5) is 32.3 Å². The zero-order valence-corrected chi connectivity index (χ0v) is 19.5.